The van der Waals surface area contributed by atoms with Gasteiger partial charge < -0.3 is 0 Å². The Morgan fingerprint density at radius 1 is 1.20 bits per heavy atom. The van der Waals surface area contributed by atoms with E-state index in [2.05, 4.69) is 13.8 Å². The van der Waals surface area contributed by atoms with Crippen LogP contribution in [0.5, 0.6) is 0 Å². The van der Waals surface area contributed by atoms with E-state index < -0.39 is 5.60 Å². The first-order chi connectivity index (χ1) is 9.71. The van der Waals surface area contributed by atoms with Crippen molar-refractivity contribution >= 4 is 25.8 Å². The van der Waals surface area contributed by atoms with Gasteiger partial charge >= 0.3 is 8.69 Å². The van der Waals surface area contributed by atoms with Crippen LogP contribution in [-0.2, 0) is 14.7 Å². The molecule has 0 bridgehead atoms. The van der Waals surface area contributed by atoms with Gasteiger partial charge in [0.15, 0.2) is 0 Å². The van der Waals surface area contributed by atoms with Crippen LogP contribution < -0.4 is 0 Å². The van der Waals surface area contributed by atoms with Crippen LogP contribution >= 0.6 is 20.9 Å². The van der Waals surface area contributed by atoms with Crippen LogP contribution in [0.25, 0.3) is 0 Å². The Morgan fingerprint density at radius 2 is 1.85 bits per heavy atom. The van der Waals surface area contributed by atoms with Crippen LogP contribution in [0, 0.1) is 0 Å². The Morgan fingerprint density at radius 3 is 2.40 bits per heavy atom. The van der Waals surface area contributed by atoms with E-state index in [9.17, 15) is 4.57 Å². The quantitative estimate of drug-likeness (QED) is 0.400. The summed E-state index contributed by atoms with van der Waals surface area (Å²) < 4.78 is 16.8. The summed E-state index contributed by atoms with van der Waals surface area (Å²) in [6.45, 7) is 4.28. The zero-order valence-electron chi connectivity index (χ0n) is 12.3. The summed E-state index contributed by atoms with van der Waals surface area (Å²) in [6.07, 6.45) is 5.80. The summed E-state index contributed by atoms with van der Waals surface area (Å²) in [5, 5.41) is 0. The van der Waals surface area contributed by atoms with E-state index in [1.54, 1.807) is 0 Å². The Kier molecular flexibility index (Phi) is 8.13. The van der Waals surface area contributed by atoms with E-state index in [4.69, 9.17) is 16.7 Å². The van der Waals surface area contributed by atoms with E-state index in [-0.39, 0.29) is 8.69 Å². The Balaban J connectivity index is 3.12. The van der Waals surface area contributed by atoms with Gasteiger partial charge in [0, 0.05) is 4.86 Å². The van der Waals surface area contributed by atoms with Gasteiger partial charge in [-0.15, -0.1) is 0 Å². The second-order valence-electron chi connectivity index (χ2n) is 4.99. The first kappa shape index (κ1) is 17.4. The molecule has 0 radical (unpaired) electrons. The molecule has 0 aliphatic rings. The molecule has 1 unspecified atom stereocenters. The Labute approximate surface area is 129 Å². The van der Waals surface area contributed by atoms with Crippen molar-refractivity contribution in [2.45, 2.75) is 58.0 Å². The average Bonchev–Trinajstić information content (AvgIpc) is 2.50. The molecule has 0 N–H and O–H groups in total. The van der Waals surface area contributed by atoms with Gasteiger partial charge in [0.1, 0.15) is 5.60 Å². The number of rotatable bonds is 10. The minimum Gasteiger partial charge on any atom is -0.277 e. The first-order valence-electron chi connectivity index (χ1n) is 7.31. The molecule has 0 spiro atoms. The van der Waals surface area contributed by atoms with Gasteiger partial charge in [-0.1, -0.05) is 75.7 Å². The van der Waals surface area contributed by atoms with Crippen LogP contribution in [0.1, 0.15) is 57.9 Å². The molecule has 1 atom stereocenters. The highest BCUT2D eigenvalue weighted by Crippen LogP contribution is 2.38. The van der Waals surface area contributed by atoms with Crippen molar-refractivity contribution in [2.24, 2.45) is 0 Å². The SMILES string of the molecule is CCCCC(=S)C(CCCC)(OP=O)c1ccccc1. The standard InChI is InChI=1S/C16H23O2PS/c1-3-5-12-15(20)16(18-19-17,13-6-4-2)14-10-8-7-9-11-14/h7-11H,3-6,12-13H2,1-2H3. The summed E-state index contributed by atoms with van der Waals surface area (Å²) in [7, 11) is -0.308. The number of hydrogen-bond acceptors (Lipinski definition) is 3. The number of hydrogen-bond donors (Lipinski definition) is 0. The van der Waals surface area contributed by atoms with Gasteiger partial charge in [-0.3, -0.25) is 4.52 Å². The largest absolute Gasteiger partial charge is 0.328 e. The molecule has 0 aliphatic heterocycles. The molecule has 0 amide bonds. The van der Waals surface area contributed by atoms with Gasteiger partial charge in [0.05, 0.1) is 0 Å². The van der Waals surface area contributed by atoms with E-state index >= 15 is 0 Å². The lowest BCUT2D eigenvalue weighted by Crippen LogP contribution is -2.35. The molecule has 0 aliphatic carbocycles. The molecule has 0 fully saturated rings. The second kappa shape index (κ2) is 9.33. The summed E-state index contributed by atoms with van der Waals surface area (Å²) in [5.74, 6) is 0. The fourth-order valence-corrected chi connectivity index (χ4v) is 3.23. The second-order valence-corrected chi connectivity index (χ2v) is 5.81. The van der Waals surface area contributed by atoms with Crippen molar-refractivity contribution in [3.63, 3.8) is 0 Å². The average molecular weight is 310 g/mol. The van der Waals surface area contributed by atoms with Crippen molar-refractivity contribution < 1.29 is 9.09 Å². The maximum Gasteiger partial charge on any atom is 0.328 e. The van der Waals surface area contributed by atoms with Crippen molar-refractivity contribution in [3.05, 3.63) is 35.9 Å². The number of thiocarbonyl (C=S) groups is 1. The molecule has 1 rings (SSSR count). The predicted octanol–water partition coefficient (Wildman–Crippen LogP) is 5.86. The van der Waals surface area contributed by atoms with Crippen molar-refractivity contribution in [3.8, 4) is 0 Å². The lowest BCUT2D eigenvalue weighted by atomic mass is 9.84. The molecule has 2 nitrogen and oxygen atoms in total. The molecule has 20 heavy (non-hydrogen) atoms. The van der Waals surface area contributed by atoms with Crippen LogP contribution in [0.3, 0.4) is 0 Å². The van der Waals surface area contributed by atoms with Crippen LogP contribution in [-0.4, -0.2) is 4.86 Å². The molecule has 4 heteroatoms. The molecule has 0 saturated heterocycles. The highest BCUT2D eigenvalue weighted by Gasteiger charge is 2.37. The van der Waals surface area contributed by atoms with E-state index in [1.807, 2.05) is 30.3 Å². The fourth-order valence-electron chi connectivity index (χ4n) is 2.33. The lowest BCUT2D eigenvalue weighted by Gasteiger charge is -2.32. The molecular formula is C16H23O2PS. The molecule has 0 aromatic heterocycles. The van der Waals surface area contributed by atoms with Gasteiger partial charge in [-0.2, -0.15) is 0 Å². The number of benzene rings is 1. The molecule has 1 aromatic carbocycles. The fraction of sp³-hybridized carbons (Fsp3) is 0.562. The molecule has 110 valence electrons. The van der Waals surface area contributed by atoms with Gasteiger partial charge in [0.25, 0.3) is 0 Å². The summed E-state index contributed by atoms with van der Waals surface area (Å²) in [4.78, 5) is 0.863. The molecule has 0 saturated carbocycles. The Bertz CT molecular complexity index is 422. The third kappa shape index (κ3) is 4.44. The van der Waals surface area contributed by atoms with Crippen molar-refractivity contribution in [2.75, 3.05) is 0 Å². The Hall–Kier alpha value is -0.630. The molecular weight excluding hydrogens is 287 g/mol. The minimum atomic E-state index is -0.689. The van der Waals surface area contributed by atoms with E-state index in [0.717, 1.165) is 49.0 Å². The molecule has 0 heterocycles. The maximum absolute atomic E-state index is 11.2. The lowest BCUT2D eigenvalue weighted by molar-refractivity contribution is 0.146. The van der Waals surface area contributed by atoms with Crippen LogP contribution in [0.4, 0.5) is 0 Å². The third-order valence-corrected chi connectivity index (χ3v) is 4.44. The van der Waals surface area contributed by atoms with Crippen LogP contribution in [0.15, 0.2) is 30.3 Å². The highest BCUT2D eigenvalue weighted by atomic mass is 32.1. The number of unbranched alkanes of at least 4 members (excludes halogenated alkanes) is 2. The van der Waals surface area contributed by atoms with Crippen molar-refractivity contribution in [1.82, 2.24) is 0 Å². The summed E-state index contributed by atoms with van der Waals surface area (Å²) in [6, 6.07) is 9.95. The predicted molar refractivity (Wildman–Crippen MR) is 88.5 cm³/mol. The monoisotopic (exact) mass is 310 g/mol. The third-order valence-electron chi connectivity index (χ3n) is 3.52. The zero-order valence-corrected chi connectivity index (χ0v) is 14.0. The van der Waals surface area contributed by atoms with E-state index in [1.165, 1.54) is 0 Å². The van der Waals surface area contributed by atoms with Crippen LogP contribution in [0.2, 0.25) is 0 Å². The van der Waals surface area contributed by atoms with E-state index in [0.29, 0.717) is 0 Å². The topological polar surface area (TPSA) is 26.3 Å². The highest BCUT2D eigenvalue weighted by molar-refractivity contribution is 7.80. The van der Waals surface area contributed by atoms with Crippen molar-refractivity contribution in [1.29, 1.82) is 0 Å². The normalized spacial score (nSPS) is 14.1. The maximum atomic E-state index is 11.2. The molecule has 1 aromatic rings. The van der Waals surface area contributed by atoms with Gasteiger partial charge in [-0.05, 0) is 24.8 Å². The smallest absolute Gasteiger partial charge is 0.277 e. The zero-order chi connectivity index (χ0) is 14.8. The van der Waals surface area contributed by atoms with Gasteiger partial charge in [-0.25, -0.2) is 4.57 Å². The first-order valence-corrected chi connectivity index (χ1v) is 8.44. The minimum absolute atomic E-state index is 0.308. The summed E-state index contributed by atoms with van der Waals surface area (Å²) in [5.41, 5.74) is 0.323. The summed E-state index contributed by atoms with van der Waals surface area (Å²) >= 11 is 5.65. The van der Waals surface area contributed by atoms with Gasteiger partial charge in [0.2, 0.25) is 0 Å².